The predicted octanol–water partition coefficient (Wildman–Crippen LogP) is 3.98. The lowest BCUT2D eigenvalue weighted by Crippen LogP contribution is -2.22. The zero-order valence-corrected chi connectivity index (χ0v) is 12.0. The molecule has 0 spiro atoms. The van der Waals surface area contributed by atoms with E-state index in [2.05, 4.69) is 20.1 Å². The number of carbonyl (C=O) groups is 1. The summed E-state index contributed by atoms with van der Waals surface area (Å²) in [4.78, 5) is 11.9. The summed E-state index contributed by atoms with van der Waals surface area (Å²) in [5.41, 5.74) is 0. The van der Waals surface area contributed by atoms with Gasteiger partial charge in [-0.05, 0) is 50.7 Å². The molecule has 1 fully saturated rings. The quantitative estimate of drug-likeness (QED) is 0.413. The summed E-state index contributed by atoms with van der Waals surface area (Å²) in [6, 6.07) is 0. The highest BCUT2D eigenvalue weighted by Gasteiger charge is 2.25. The Kier molecular flexibility index (Phi) is 6.40. The normalized spacial score (nSPS) is 23.1. The molecule has 0 aromatic carbocycles. The van der Waals surface area contributed by atoms with Crippen molar-refractivity contribution in [3.8, 4) is 0 Å². The van der Waals surface area contributed by atoms with Gasteiger partial charge in [0.1, 0.15) is 11.5 Å². The molecular weight excluding hydrogens is 240 g/mol. The van der Waals surface area contributed by atoms with Crippen molar-refractivity contribution in [3.05, 3.63) is 36.8 Å². The van der Waals surface area contributed by atoms with Crippen molar-refractivity contribution in [3.63, 3.8) is 0 Å². The maximum Gasteiger partial charge on any atom is 0.314 e. The molecule has 0 N–H and O–H groups in total. The third-order valence-corrected chi connectivity index (χ3v) is 3.37. The molecule has 0 unspecified atom stereocenters. The van der Waals surface area contributed by atoms with Gasteiger partial charge in [0, 0.05) is 0 Å². The van der Waals surface area contributed by atoms with Crippen molar-refractivity contribution in [1.82, 2.24) is 0 Å². The van der Waals surface area contributed by atoms with Gasteiger partial charge in [0.2, 0.25) is 0 Å². The Morgan fingerprint density at radius 3 is 2.32 bits per heavy atom. The summed E-state index contributed by atoms with van der Waals surface area (Å²) in [5.74, 6) is 1.46. The Morgan fingerprint density at radius 1 is 1.16 bits per heavy atom. The topological polar surface area (TPSA) is 35.5 Å². The molecule has 0 atom stereocenters. The Balaban J connectivity index is 2.35. The van der Waals surface area contributed by atoms with Crippen molar-refractivity contribution in [2.24, 2.45) is 11.8 Å². The monoisotopic (exact) mass is 264 g/mol. The molecular formula is C16H24O3. The van der Waals surface area contributed by atoms with Crippen molar-refractivity contribution in [2.45, 2.75) is 39.5 Å². The summed E-state index contributed by atoms with van der Waals surface area (Å²) in [5, 5.41) is 0. The highest BCUT2D eigenvalue weighted by atomic mass is 16.5. The number of ether oxygens (including phenoxy) is 2. The van der Waals surface area contributed by atoms with Crippen LogP contribution < -0.4 is 0 Å². The average molecular weight is 264 g/mol. The molecule has 0 radical (unpaired) electrons. The molecule has 1 aliphatic rings. The highest BCUT2D eigenvalue weighted by Crippen LogP contribution is 2.29. The molecule has 0 saturated heterocycles. The van der Waals surface area contributed by atoms with Gasteiger partial charge < -0.3 is 9.47 Å². The lowest BCUT2D eigenvalue weighted by molar-refractivity contribution is -0.145. The van der Waals surface area contributed by atoms with Gasteiger partial charge in [0.15, 0.2) is 0 Å². The van der Waals surface area contributed by atoms with Gasteiger partial charge in [0.25, 0.3) is 0 Å². The van der Waals surface area contributed by atoms with E-state index < -0.39 is 0 Å². The predicted molar refractivity (Wildman–Crippen MR) is 76.3 cm³/mol. The van der Waals surface area contributed by atoms with Crippen LogP contribution in [0.15, 0.2) is 36.8 Å². The third kappa shape index (κ3) is 5.77. The first-order chi connectivity index (χ1) is 9.02. The Morgan fingerprint density at radius 2 is 1.74 bits per heavy atom. The van der Waals surface area contributed by atoms with Crippen molar-refractivity contribution in [2.75, 3.05) is 6.61 Å². The summed E-state index contributed by atoms with van der Waals surface area (Å²) >= 11 is 0. The van der Waals surface area contributed by atoms with Gasteiger partial charge in [-0.3, -0.25) is 4.79 Å². The molecule has 1 aliphatic carbocycles. The Hall–Kier alpha value is -1.51. The molecule has 106 valence electrons. The van der Waals surface area contributed by atoms with Crippen molar-refractivity contribution in [1.29, 1.82) is 0 Å². The van der Waals surface area contributed by atoms with E-state index in [4.69, 9.17) is 9.47 Å². The maximum atomic E-state index is 11.9. The van der Waals surface area contributed by atoms with Crippen LogP contribution in [-0.2, 0) is 14.3 Å². The average Bonchev–Trinajstić information content (AvgIpc) is 2.37. The zero-order valence-electron chi connectivity index (χ0n) is 12.0. The van der Waals surface area contributed by atoms with E-state index in [0.29, 0.717) is 18.1 Å². The summed E-state index contributed by atoms with van der Waals surface area (Å²) < 4.78 is 10.4. The molecule has 3 nitrogen and oxygen atoms in total. The first kappa shape index (κ1) is 15.5. The van der Waals surface area contributed by atoms with Gasteiger partial charge in [0.05, 0.1) is 12.5 Å². The van der Waals surface area contributed by atoms with E-state index in [0.717, 1.165) is 31.6 Å². The minimum absolute atomic E-state index is 0.0245. The number of carbonyl (C=O) groups excluding carboxylic acids is 1. The summed E-state index contributed by atoms with van der Waals surface area (Å²) in [6.07, 6.45) is 7.31. The molecule has 0 amide bonds. The SMILES string of the molecule is C=C(/C=C\C(=C)OC(=O)C1CCC(C)CC1)OCC. The van der Waals surface area contributed by atoms with E-state index in [9.17, 15) is 4.79 Å². The van der Waals surface area contributed by atoms with Crippen LogP contribution in [0.2, 0.25) is 0 Å². The molecule has 0 aliphatic heterocycles. The minimum Gasteiger partial charge on any atom is -0.495 e. The van der Waals surface area contributed by atoms with Crippen LogP contribution in [0.3, 0.4) is 0 Å². The van der Waals surface area contributed by atoms with Crippen LogP contribution in [-0.4, -0.2) is 12.6 Å². The van der Waals surface area contributed by atoms with Gasteiger partial charge in [-0.1, -0.05) is 20.1 Å². The van der Waals surface area contributed by atoms with E-state index in [1.165, 1.54) is 0 Å². The fraction of sp³-hybridized carbons (Fsp3) is 0.562. The first-order valence-corrected chi connectivity index (χ1v) is 6.93. The van der Waals surface area contributed by atoms with E-state index in [1.807, 2.05) is 6.92 Å². The number of rotatable bonds is 6. The van der Waals surface area contributed by atoms with E-state index >= 15 is 0 Å². The molecule has 3 heteroatoms. The Labute approximate surface area is 116 Å². The zero-order chi connectivity index (χ0) is 14.3. The van der Waals surface area contributed by atoms with Crippen molar-refractivity contribution >= 4 is 5.97 Å². The van der Waals surface area contributed by atoms with Crippen LogP contribution in [0, 0.1) is 11.8 Å². The second-order valence-corrected chi connectivity index (χ2v) is 5.08. The number of hydrogen-bond donors (Lipinski definition) is 0. The smallest absolute Gasteiger partial charge is 0.314 e. The molecule has 0 bridgehead atoms. The van der Waals surface area contributed by atoms with E-state index in [1.54, 1.807) is 12.2 Å². The molecule has 1 saturated carbocycles. The van der Waals surface area contributed by atoms with Crippen molar-refractivity contribution < 1.29 is 14.3 Å². The minimum atomic E-state index is -0.163. The number of allylic oxidation sites excluding steroid dienone is 2. The van der Waals surface area contributed by atoms with Crippen LogP contribution in [0.5, 0.6) is 0 Å². The molecule has 1 rings (SSSR count). The fourth-order valence-electron chi connectivity index (χ4n) is 2.16. The first-order valence-electron chi connectivity index (χ1n) is 6.93. The number of hydrogen-bond acceptors (Lipinski definition) is 3. The summed E-state index contributed by atoms with van der Waals surface area (Å²) in [7, 11) is 0. The van der Waals surface area contributed by atoms with Gasteiger partial charge in [-0.2, -0.15) is 0 Å². The highest BCUT2D eigenvalue weighted by molar-refractivity contribution is 5.73. The lowest BCUT2D eigenvalue weighted by Gasteiger charge is -2.24. The molecule has 0 aromatic heterocycles. The van der Waals surface area contributed by atoms with Gasteiger partial charge >= 0.3 is 5.97 Å². The third-order valence-electron chi connectivity index (χ3n) is 3.37. The van der Waals surface area contributed by atoms with Crippen LogP contribution in [0.1, 0.15) is 39.5 Å². The van der Waals surface area contributed by atoms with Gasteiger partial charge in [-0.25, -0.2) is 0 Å². The van der Waals surface area contributed by atoms with E-state index in [-0.39, 0.29) is 11.9 Å². The molecule has 19 heavy (non-hydrogen) atoms. The molecule has 0 heterocycles. The molecule has 0 aromatic rings. The maximum absolute atomic E-state index is 11.9. The Bertz CT molecular complexity index is 360. The lowest BCUT2D eigenvalue weighted by atomic mass is 9.83. The number of esters is 1. The fourth-order valence-corrected chi connectivity index (χ4v) is 2.16. The van der Waals surface area contributed by atoms with Crippen LogP contribution in [0.25, 0.3) is 0 Å². The van der Waals surface area contributed by atoms with Gasteiger partial charge in [-0.15, -0.1) is 0 Å². The largest absolute Gasteiger partial charge is 0.495 e. The second kappa shape index (κ2) is 7.82. The van der Waals surface area contributed by atoms with Crippen LogP contribution in [0.4, 0.5) is 0 Å². The van der Waals surface area contributed by atoms with Crippen LogP contribution >= 0.6 is 0 Å². The standard InChI is InChI=1S/C16H24O3/c1-5-18-13(3)8-9-14(4)19-16(17)15-10-6-12(2)7-11-15/h8-9,12,15H,3-7,10-11H2,1-2H3/b9-8-. The second-order valence-electron chi connectivity index (χ2n) is 5.08. The summed E-state index contributed by atoms with van der Waals surface area (Å²) in [6.45, 7) is 12.1.